The molecule has 0 spiro atoms. The Morgan fingerprint density at radius 1 is 0.700 bits per heavy atom. The molecule has 0 radical (unpaired) electrons. The van der Waals surface area contributed by atoms with Crippen molar-refractivity contribution in [3.63, 3.8) is 0 Å². The van der Waals surface area contributed by atoms with Gasteiger partial charge in [0.1, 0.15) is 0 Å². The largest absolute Gasteiger partial charge is 0.289 e. The third kappa shape index (κ3) is 1.71. The van der Waals surface area contributed by atoms with Crippen molar-refractivity contribution in [2.75, 3.05) is 0 Å². The van der Waals surface area contributed by atoms with Crippen molar-refractivity contribution in [1.29, 1.82) is 0 Å². The highest BCUT2D eigenvalue weighted by molar-refractivity contribution is 7.13. The van der Waals surface area contributed by atoms with Crippen LogP contribution in [-0.4, -0.2) is 5.78 Å². The molecule has 2 heterocycles. The lowest BCUT2D eigenvalue weighted by Crippen LogP contribution is -2.00. The third-order valence-corrected chi connectivity index (χ3v) is 5.28. The van der Waals surface area contributed by atoms with Crippen LogP contribution in [-0.2, 0) is 0 Å². The molecule has 1 nitrogen and oxygen atoms in total. The van der Waals surface area contributed by atoms with Crippen molar-refractivity contribution in [2.45, 2.75) is 0 Å². The van der Waals surface area contributed by atoms with Crippen molar-refractivity contribution >= 4 is 28.5 Å². The Hall–Kier alpha value is -1.97. The normalized spacial score (nSPS) is 11.2. The minimum Gasteiger partial charge on any atom is -0.289 e. The molecule has 0 aromatic carbocycles. The average molecular weight is 294 g/mol. The molecule has 0 unspecified atom stereocenters. The average Bonchev–Trinajstić information content (AvgIpc) is 3.11. The van der Waals surface area contributed by atoms with Gasteiger partial charge in [0.2, 0.25) is 0 Å². The Bertz CT molecular complexity index is 770. The van der Waals surface area contributed by atoms with Crippen molar-refractivity contribution < 1.29 is 4.79 Å². The summed E-state index contributed by atoms with van der Waals surface area (Å²) in [7, 11) is 0. The van der Waals surface area contributed by atoms with Gasteiger partial charge in [-0.2, -0.15) is 0 Å². The SMILES string of the molecule is O=C(c1ccc2scccc1-2)c1ccc2scccc1-2. The van der Waals surface area contributed by atoms with Crippen LogP contribution in [0.4, 0.5) is 0 Å². The number of rotatable bonds is 2. The number of carbonyl (C=O) groups is 1. The topological polar surface area (TPSA) is 17.1 Å². The fraction of sp³-hybridized carbons (Fsp3) is 0. The van der Waals surface area contributed by atoms with Crippen LogP contribution in [0.25, 0.3) is 20.9 Å². The van der Waals surface area contributed by atoms with Gasteiger partial charge in [-0.3, -0.25) is 4.79 Å². The van der Waals surface area contributed by atoms with Crippen LogP contribution in [0.5, 0.6) is 0 Å². The number of hydrogen-bond donors (Lipinski definition) is 0. The molecule has 0 saturated carbocycles. The molecule has 0 amide bonds. The van der Waals surface area contributed by atoms with E-state index in [1.807, 2.05) is 59.3 Å². The van der Waals surface area contributed by atoms with Crippen molar-refractivity contribution in [3.05, 3.63) is 70.4 Å². The molecular weight excluding hydrogens is 284 g/mol. The first-order valence-electron chi connectivity index (χ1n) is 6.32. The van der Waals surface area contributed by atoms with Crippen molar-refractivity contribution in [3.8, 4) is 20.9 Å². The summed E-state index contributed by atoms with van der Waals surface area (Å²) in [5.41, 5.74) is 3.71. The van der Waals surface area contributed by atoms with Gasteiger partial charge >= 0.3 is 0 Å². The lowest BCUT2D eigenvalue weighted by atomic mass is 10.0. The Kier molecular flexibility index (Phi) is 2.69. The van der Waals surface area contributed by atoms with E-state index in [1.54, 1.807) is 22.7 Å². The first kappa shape index (κ1) is 11.8. The highest BCUT2D eigenvalue weighted by Gasteiger charge is 2.21. The molecule has 0 fully saturated rings. The zero-order valence-corrected chi connectivity index (χ0v) is 12.1. The van der Waals surface area contributed by atoms with E-state index in [1.165, 1.54) is 0 Å². The van der Waals surface area contributed by atoms with Gasteiger partial charge in [-0.1, -0.05) is 24.3 Å². The summed E-state index contributed by atoms with van der Waals surface area (Å²) < 4.78 is 0. The second-order valence-electron chi connectivity index (χ2n) is 4.61. The molecule has 4 rings (SSSR count). The monoisotopic (exact) mass is 294 g/mol. The third-order valence-electron chi connectivity index (χ3n) is 3.48. The van der Waals surface area contributed by atoms with Crippen LogP contribution in [0.3, 0.4) is 0 Å². The number of carbonyl (C=O) groups excluding carboxylic acids is 1. The maximum absolute atomic E-state index is 12.8. The summed E-state index contributed by atoms with van der Waals surface area (Å²) in [6, 6.07) is 16.0. The Morgan fingerprint density at radius 3 is 1.70 bits per heavy atom. The van der Waals surface area contributed by atoms with E-state index < -0.39 is 0 Å². The van der Waals surface area contributed by atoms with Crippen LogP contribution in [0, 0.1) is 0 Å². The van der Waals surface area contributed by atoms with Gasteiger partial charge in [-0.05, 0) is 35.0 Å². The quantitative estimate of drug-likeness (QED) is 0.461. The molecule has 0 bridgehead atoms. The second kappa shape index (κ2) is 4.54. The zero-order valence-electron chi connectivity index (χ0n) is 10.5. The summed E-state index contributed by atoms with van der Waals surface area (Å²) in [5, 5.41) is 4.08. The molecule has 0 atom stereocenters. The smallest absolute Gasteiger partial charge is 0.194 e. The number of ketones is 1. The molecule has 2 aliphatic heterocycles. The van der Waals surface area contributed by atoms with Crippen LogP contribution in [0.1, 0.15) is 15.9 Å². The van der Waals surface area contributed by atoms with Crippen LogP contribution in [0.15, 0.2) is 59.3 Å². The molecular formula is C17H10OS2. The van der Waals surface area contributed by atoms with Gasteiger partial charge < -0.3 is 0 Å². The van der Waals surface area contributed by atoms with Crippen molar-refractivity contribution in [2.24, 2.45) is 0 Å². The summed E-state index contributed by atoms with van der Waals surface area (Å²) >= 11 is 3.33. The fourth-order valence-electron chi connectivity index (χ4n) is 2.53. The summed E-state index contributed by atoms with van der Waals surface area (Å²) in [5.74, 6) is 0.117. The highest BCUT2D eigenvalue weighted by atomic mass is 32.1. The van der Waals surface area contributed by atoms with E-state index in [9.17, 15) is 4.79 Å². The Morgan fingerprint density at radius 2 is 1.20 bits per heavy atom. The van der Waals surface area contributed by atoms with Crippen molar-refractivity contribution in [1.82, 2.24) is 0 Å². The predicted molar refractivity (Wildman–Crippen MR) is 85.3 cm³/mol. The van der Waals surface area contributed by atoms with Gasteiger partial charge in [-0.15, -0.1) is 22.7 Å². The van der Waals surface area contributed by atoms with E-state index in [4.69, 9.17) is 0 Å². The van der Waals surface area contributed by atoms with Crippen LogP contribution < -0.4 is 0 Å². The van der Waals surface area contributed by atoms with E-state index in [0.29, 0.717) is 0 Å². The van der Waals surface area contributed by atoms with E-state index in [2.05, 4.69) is 0 Å². The highest BCUT2D eigenvalue weighted by Crippen LogP contribution is 2.36. The van der Waals surface area contributed by atoms with Gasteiger partial charge in [0.05, 0.1) is 0 Å². The maximum Gasteiger partial charge on any atom is 0.194 e. The summed E-state index contributed by atoms with van der Waals surface area (Å²) in [6.45, 7) is 0. The molecule has 3 heteroatoms. The molecule has 4 aliphatic rings. The molecule has 0 N–H and O–H groups in total. The maximum atomic E-state index is 12.8. The first-order valence-corrected chi connectivity index (χ1v) is 8.08. The zero-order chi connectivity index (χ0) is 13.5. The molecule has 0 aromatic heterocycles. The lowest BCUT2D eigenvalue weighted by molar-refractivity contribution is 0.104. The Balaban J connectivity index is 1.86. The summed E-state index contributed by atoms with van der Waals surface area (Å²) in [4.78, 5) is 15.1. The van der Waals surface area contributed by atoms with E-state index in [0.717, 1.165) is 32.0 Å². The van der Waals surface area contributed by atoms with Gasteiger partial charge in [-0.25, -0.2) is 0 Å². The lowest BCUT2D eigenvalue weighted by Gasteiger charge is -2.04. The van der Waals surface area contributed by atoms with Crippen LogP contribution in [0.2, 0.25) is 0 Å². The molecule has 96 valence electrons. The summed E-state index contributed by atoms with van der Waals surface area (Å²) in [6.07, 6.45) is 0. The number of fused-ring (bicyclic) bond motifs is 2. The van der Waals surface area contributed by atoms with Crippen LogP contribution >= 0.6 is 22.7 Å². The van der Waals surface area contributed by atoms with Gasteiger partial charge in [0, 0.05) is 32.0 Å². The molecule has 20 heavy (non-hydrogen) atoms. The standard InChI is InChI=1S/C17H10OS2/c18-17(13-5-7-15-11(13)3-1-9-19-15)14-6-8-16-12(14)4-2-10-20-16/h1-10H. The molecule has 0 aromatic rings. The minimum absolute atomic E-state index is 0.117. The minimum atomic E-state index is 0.117. The van der Waals surface area contributed by atoms with Gasteiger partial charge in [0.15, 0.2) is 5.78 Å². The Labute approximate surface area is 124 Å². The van der Waals surface area contributed by atoms with Gasteiger partial charge in [0.25, 0.3) is 0 Å². The molecule has 0 saturated heterocycles. The second-order valence-corrected chi connectivity index (χ2v) is 6.50. The first-order chi connectivity index (χ1) is 9.84. The fourth-order valence-corrected chi connectivity index (χ4v) is 4.04. The van der Waals surface area contributed by atoms with E-state index >= 15 is 0 Å². The number of hydrogen-bond acceptors (Lipinski definition) is 3. The predicted octanol–water partition coefficient (Wildman–Crippen LogP) is 5.25. The van der Waals surface area contributed by atoms with E-state index in [-0.39, 0.29) is 5.78 Å². The molecule has 2 aliphatic carbocycles.